The van der Waals surface area contributed by atoms with Crippen molar-refractivity contribution in [1.29, 1.82) is 0 Å². The molecule has 10 heteroatoms. The number of carbonyl (C=O) groups excluding carboxylic acids is 2. The molecule has 0 amide bonds. The molecule has 42 heavy (non-hydrogen) atoms. The van der Waals surface area contributed by atoms with E-state index < -0.39 is 35.0 Å². The summed E-state index contributed by atoms with van der Waals surface area (Å²) < 4.78 is 11.8. The van der Waals surface area contributed by atoms with E-state index >= 15 is 0 Å². The molecule has 1 aliphatic heterocycles. The first-order chi connectivity index (χ1) is 20.0. The maximum Gasteiger partial charge on any atom is 0.337 e. The van der Waals surface area contributed by atoms with Crippen LogP contribution in [0, 0.1) is 10.1 Å². The van der Waals surface area contributed by atoms with Crippen molar-refractivity contribution >= 4 is 29.0 Å². The number of hydrogen-bond acceptors (Lipinski definition) is 9. The largest absolute Gasteiger partial charge is 0.460 e. The van der Waals surface area contributed by atoms with Gasteiger partial charge in [-0.1, -0.05) is 48.5 Å². The quantitative estimate of drug-likeness (QED) is 0.159. The van der Waals surface area contributed by atoms with Crippen LogP contribution in [0.15, 0.2) is 94.7 Å². The molecule has 0 saturated carbocycles. The summed E-state index contributed by atoms with van der Waals surface area (Å²) in [5, 5.41) is 16.7. The van der Waals surface area contributed by atoms with E-state index in [4.69, 9.17) is 9.47 Å². The summed E-state index contributed by atoms with van der Waals surface area (Å²) in [5.41, 5.74) is 2.80. The van der Waals surface area contributed by atoms with Crippen molar-refractivity contribution in [2.45, 2.75) is 52.4 Å². The maximum atomic E-state index is 14.1. The Balaban J connectivity index is 1.71. The van der Waals surface area contributed by atoms with Gasteiger partial charge in [-0.3, -0.25) is 15.0 Å². The van der Waals surface area contributed by atoms with Crippen LogP contribution in [-0.4, -0.2) is 41.5 Å². The number of carbonyl (C=O) groups is 2. The molecule has 1 aliphatic rings. The number of nitrogens with one attached hydrogen (secondary N) is 1. The highest BCUT2D eigenvalue weighted by Gasteiger charge is 2.39. The Morgan fingerprint density at radius 2 is 1.64 bits per heavy atom. The van der Waals surface area contributed by atoms with Gasteiger partial charge in [0.2, 0.25) is 0 Å². The third-order valence-corrected chi connectivity index (χ3v) is 7.80. The molecule has 1 N–H and O–H groups in total. The number of likely N-dealkylation sites (N-methyl/N-ethyl adjacent to an activating group) is 1. The number of hydrogen-bond donors (Lipinski definition) is 1. The molecule has 220 valence electrons. The fraction of sp³-hybridized carbons (Fsp3) is 0.312. The van der Waals surface area contributed by atoms with Crippen LogP contribution in [0.1, 0.15) is 55.7 Å². The van der Waals surface area contributed by atoms with Crippen molar-refractivity contribution in [3.05, 3.63) is 121 Å². The second-order valence-corrected chi connectivity index (χ2v) is 11.5. The SMILES string of the molecule is CC1=C(C(=O)OC(C)C)C(c2cccc([N+](=O)[O-])c2)C(C(=O)OC(CN(C)Cc2ccccc2)c2cccs2)=C(C)N1. The number of nitro groups is 1. The first kappa shape index (κ1) is 30.7. The zero-order valence-electron chi connectivity index (χ0n) is 24.3. The minimum absolute atomic E-state index is 0.148. The molecule has 2 aromatic carbocycles. The van der Waals surface area contributed by atoms with Crippen LogP contribution >= 0.6 is 11.3 Å². The lowest BCUT2D eigenvalue weighted by molar-refractivity contribution is -0.384. The van der Waals surface area contributed by atoms with Crippen LogP contribution in [0.3, 0.4) is 0 Å². The van der Waals surface area contributed by atoms with E-state index in [0.717, 1.165) is 10.4 Å². The molecule has 2 unspecified atom stereocenters. The Hall–Kier alpha value is -4.28. The molecular formula is C32H35N3O6S. The number of ether oxygens (including phenoxy) is 2. The van der Waals surface area contributed by atoms with Crippen molar-refractivity contribution < 1.29 is 24.0 Å². The Labute approximate surface area is 249 Å². The van der Waals surface area contributed by atoms with Gasteiger partial charge in [-0.2, -0.15) is 0 Å². The van der Waals surface area contributed by atoms with E-state index in [1.165, 1.54) is 23.5 Å². The summed E-state index contributed by atoms with van der Waals surface area (Å²) in [7, 11) is 1.96. The minimum Gasteiger partial charge on any atom is -0.460 e. The van der Waals surface area contributed by atoms with Crippen molar-refractivity contribution in [3.8, 4) is 0 Å². The first-order valence-corrected chi connectivity index (χ1v) is 14.5. The minimum atomic E-state index is -0.934. The fourth-order valence-electron chi connectivity index (χ4n) is 5.06. The van der Waals surface area contributed by atoms with Gasteiger partial charge < -0.3 is 14.8 Å². The maximum absolute atomic E-state index is 14.1. The van der Waals surface area contributed by atoms with E-state index in [1.54, 1.807) is 39.8 Å². The molecule has 0 bridgehead atoms. The number of rotatable bonds is 11. The van der Waals surface area contributed by atoms with Gasteiger partial charge in [0.05, 0.1) is 28.1 Å². The zero-order valence-corrected chi connectivity index (χ0v) is 25.1. The van der Waals surface area contributed by atoms with Gasteiger partial charge in [0.1, 0.15) is 6.10 Å². The van der Waals surface area contributed by atoms with Crippen LogP contribution in [-0.2, 0) is 25.6 Å². The van der Waals surface area contributed by atoms with Gasteiger partial charge >= 0.3 is 11.9 Å². The lowest BCUT2D eigenvalue weighted by atomic mass is 9.80. The number of thiophene rings is 1. The third kappa shape index (κ3) is 7.32. The Bertz CT molecular complexity index is 1500. The van der Waals surface area contributed by atoms with E-state index in [2.05, 4.69) is 10.2 Å². The van der Waals surface area contributed by atoms with Crippen LogP contribution in [0.2, 0.25) is 0 Å². The van der Waals surface area contributed by atoms with Gasteiger partial charge in [-0.15, -0.1) is 11.3 Å². The Morgan fingerprint density at radius 1 is 0.976 bits per heavy atom. The molecule has 0 fully saturated rings. The van der Waals surface area contributed by atoms with E-state index in [1.807, 2.05) is 54.9 Å². The van der Waals surface area contributed by atoms with Crippen molar-refractivity contribution in [2.75, 3.05) is 13.6 Å². The third-order valence-electron chi connectivity index (χ3n) is 6.84. The van der Waals surface area contributed by atoms with Gasteiger partial charge in [0.15, 0.2) is 0 Å². The number of allylic oxidation sites excluding steroid dienone is 2. The summed E-state index contributed by atoms with van der Waals surface area (Å²) in [6.07, 6.45) is -0.996. The summed E-state index contributed by atoms with van der Waals surface area (Å²) in [4.78, 5) is 41.6. The highest BCUT2D eigenvalue weighted by molar-refractivity contribution is 7.10. The van der Waals surface area contributed by atoms with Crippen molar-refractivity contribution in [3.63, 3.8) is 0 Å². The zero-order chi connectivity index (χ0) is 30.4. The molecule has 1 aromatic heterocycles. The molecule has 3 aromatic rings. The van der Waals surface area contributed by atoms with Crippen LogP contribution in [0.25, 0.3) is 0 Å². The van der Waals surface area contributed by atoms with E-state index in [0.29, 0.717) is 30.0 Å². The molecule has 4 rings (SSSR count). The predicted octanol–water partition coefficient (Wildman–Crippen LogP) is 6.26. The number of benzene rings is 2. The summed E-state index contributed by atoms with van der Waals surface area (Å²) in [6, 6.07) is 19.8. The van der Waals surface area contributed by atoms with Gasteiger partial charge in [0.25, 0.3) is 5.69 Å². The number of dihydropyridines is 1. The predicted molar refractivity (Wildman–Crippen MR) is 162 cm³/mol. The Morgan fingerprint density at radius 3 is 2.24 bits per heavy atom. The van der Waals surface area contributed by atoms with Crippen molar-refractivity contribution in [1.82, 2.24) is 10.2 Å². The molecule has 0 saturated heterocycles. The average Bonchev–Trinajstić information content (AvgIpc) is 3.47. The monoisotopic (exact) mass is 589 g/mol. The highest BCUT2D eigenvalue weighted by Crippen LogP contribution is 2.41. The molecular weight excluding hydrogens is 554 g/mol. The van der Waals surface area contributed by atoms with Crippen LogP contribution in [0.5, 0.6) is 0 Å². The summed E-state index contributed by atoms with van der Waals surface area (Å²) >= 11 is 1.49. The van der Waals surface area contributed by atoms with Crippen LogP contribution in [0.4, 0.5) is 5.69 Å². The summed E-state index contributed by atoms with van der Waals surface area (Å²) in [6.45, 7) is 8.02. The summed E-state index contributed by atoms with van der Waals surface area (Å²) in [5.74, 6) is -2.16. The molecule has 2 atom stereocenters. The highest BCUT2D eigenvalue weighted by atomic mass is 32.1. The second-order valence-electron chi connectivity index (χ2n) is 10.5. The number of esters is 2. The van der Waals surface area contributed by atoms with Gasteiger partial charge in [-0.05, 0) is 57.3 Å². The van der Waals surface area contributed by atoms with E-state index in [-0.39, 0.29) is 16.8 Å². The fourth-order valence-corrected chi connectivity index (χ4v) is 5.81. The number of nitrogens with zero attached hydrogens (tertiary/aromatic N) is 2. The molecule has 0 radical (unpaired) electrons. The molecule has 0 spiro atoms. The lowest BCUT2D eigenvalue weighted by Gasteiger charge is -2.32. The molecule has 0 aliphatic carbocycles. The molecule has 9 nitrogen and oxygen atoms in total. The topological polar surface area (TPSA) is 111 Å². The van der Waals surface area contributed by atoms with Crippen molar-refractivity contribution in [2.24, 2.45) is 0 Å². The first-order valence-electron chi connectivity index (χ1n) is 13.7. The van der Waals surface area contributed by atoms with Crippen LogP contribution < -0.4 is 5.32 Å². The number of nitro benzene ring substituents is 1. The average molecular weight is 590 g/mol. The normalized spacial score (nSPS) is 15.9. The Kier molecular flexibility index (Phi) is 9.92. The van der Waals surface area contributed by atoms with Gasteiger partial charge in [-0.25, -0.2) is 9.59 Å². The smallest absolute Gasteiger partial charge is 0.337 e. The standard InChI is InChI=1S/C32H35N3O6S/c1-20(2)40-31(36)28-21(3)33-22(4)29(30(28)24-13-9-14-25(17-24)35(38)39)32(37)41-26(27-15-10-16-42-27)19-34(5)18-23-11-7-6-8-12-23/h6-17,20,26,30,33H,18-19H2,1-5H3. The lowest BCUT2D eigenvalue weighted by Crippen LogP contribution is -2.34. The van der Waals surface area contributed by atoms with Gasteiger partial charge in [0, 0.05) is 41.5 Å². The van der Waals surface area contributed by atoms with E-state index in [9.17, 15) is 19.7 Å². The second kappa shape index (κ2) is 13.6. The molecule has 2 heterocycles. The number of non-ortho nitro benzene ring substituents is 1.